The summed E-state index contributed by atoms with van der Waals surface area (Å²) in [5, 5.41) is 0. The third kappa shape index (κ3) is 5.84. The summed E-state index contributed by atoms with van der Waals surface area (Å²) in [5.41, 5.74) is 20.4. The number of aryl methyl sites for hydroxylation is 1. The maximum Gasteiger partial charge on any atom is 0.0714 e. The summed E-state index contributed by atoms with van der Waals surface area (Å²) in [6, 6.07) is 72.5. The molecule has 0 amide bonds. The first-order valence-electron chi connectivity index (χ1n) is 20.7. The molecular weight excluding hydrogens is 687 g/mol. The molecule has 1 nitrogen and oxygen atoms in total. The van der Waals surface area contributed by atoms with Crippen LogP contribution < -0.4 is 4.90 Å². The van der Waals surface area contributed by atoms with E-state index in [-0.39, 0.29) is 0 Å². The van der Waals surface area contributed by atoms with Crippen molar-refractivity contribution in [2.24, 2.45) is 0 Å². The Balaban J connectivity index is 1.34. The van der Waals surface area contributed by atoms with Crippen LogP contribution in [0.1, 0.15) is 71.6 Å². The number of hydrogen-bond donors (Lipinski definition) is 0. The molecule has 0 bridgehead atoms. The van der Waals surface area contributed by atoms with Crippen molar-refractivity contribution in [3.05, 3.63) is 233 Å². The van der Waals surface area contributed by atoms with E-state index >= 15 is 0 Å². The maximum atomic E-state index is 2.58. The summed E-state index contributed by atoms with van der Waals surface area (Å²) in [7, 11) is 0. The molecule has 276 valence electrons. The first-order valence-corrected chi connectivity index (χ1v) is 20.7. The van der Waals surface area contributed by atoms with Gasteiger partial charge >= 0.3 is 0 Å². The minimum absolute atomic E-state index is 0.365. The molecule has 2 aliphatic carbocycles. The fourth-order valence-corrected chi connectivity index (χ4v) is 9.94. The number of anilines is 3. The van der Waals surface area contributed by atoms with E-state index in [1.807, 2.05) is 0 Å². The summed E-state index contributed by atoms with van der Waals surface area (Å²) in [6.45, 7) is 4.73. The smallest absolute Gasteiger partial charge is 0.0714 e. The number of benzene rings is 8. The number of rotatable bonds is 8. The SMILES string of the molecule is CC(C)c1ccc2c(c1-c1cc3c(cc1N(c1ccccc1)c1ccc(-c4ccccc4)cc1)C(c1ccccc1)(c1ccccc1)c1ccccc1-3)CCCC2. The molecule has 0 spiro atoms. The Kier molecular flexibility index (Phi) is 8.95. The summed E-state index contributed by atoms with van der Waals surface area (Å²) in [4.78, 5) is 2.53. The molecule has 10 rings (SSSR count). The summed E-state index contributed by atoms with van der Waals surface area (Å²) < 4.78 is 0. The van der Waals surface area contributed by atoms with E-state index in [1.165, 1.54) is 90.9 Å². The zero-order valence-corrected chi connectivity index (χ0v) is 32.8. The lowest BCUT2D eigenvalue weighted by molar-refractivity contribution is 0.684. The van der Waals surface area contributed by atoms with Crippen molar-refractivity contribution < 1.29 is 0 Å². The number of para-hydroxylation sites is 1. The van der Waals surface area contributed by atoms with Crippen molar-refractivity contribution in [2.45, 2.75) is 50.9 Å². The van der Waals surface area contributed by atoms with Gasteiger partial charge < -0.3 is 4.90 Å². The van der Waals surface area contributed by atoms with Crippen molar-refractivity contribution in [2.75, 3.05) is 4.90 Å². The Hall–Kier alpha value is -6.44. The van der Waals surface area contributed by atoms with Crippen LogP contribution in [0.5, 0.6) is 0 Å². The van der Waals surface area contributed by atoms with E-state index in [9.17, 15) is 0 Å². The molecule has 0 aromatic heterocycles. The molecule has 1 heteroatoms. The highest BCUT2D eigenvalue weighted by Crippen LogP contribution is 2.59. The predicted molar refractivity (Wildman–Crippen MR) is 240 cm³/mol. The average molecular weight is 734 g/mol. The highest BCUT2D eigenvalue weighted by Gasteiger charge is 2.47. The first kappa shape index (κ1) is 35.0. The lowest BCUT2D eigenvalue weighted by Crippen LogP contribution is -2.28. The molecule has 0 atom stereocenters. The fourth-order valence-electron chi connectivity index (χ4n) is 9.94. The van der Waals surface area contributed by atoms with E-state index in [1.54, 1.807) is 0 Å². The van der Waals surface area contributed by atoms with E-state index in [2.05, 4.69) is 213 Å². The third-order valence-electron chi connectivity index (χ3n) is 12.5. The van der Waals surface area contributed by atoms with Gasteiger partial charge in [0, 0.05) is 16.9 Å². The number of fused-ring (bicyclic) bond motifs is 4. The van der Waals surface area contributed by atoms with Gasteiger partial charge in [-0.15, -0.1) is 0 Å². The van der Waals surface area contributed by atoms with Crippen LogP contribution in [0, 0.1) is 0 Å². The van der Waals surface area contributed by atoms with Gasteiger partial charge in [-0.2, -0.15) is 0 Å². The highest BCUT2D eigenvalue weighted by atomic mass is 15.1. The van der Waals surface area contributed by atoms with E-state index < -0.39 is 5.41 Å². The largest absolute Gasteiger partial charge is 0.310 e. The Labute approximate surface area is 337 Å². The monoisotopic (exact) mass is 733 g/mol. The molecular formula is C56H47N. The molecule has 8 aromatic rings. The van der Waals surface area contributed by atoms with E-state index in [4.69, 9.17) is 0 Å². The molecule has 0 fully saturated rings. The van der Waals surface area contributed by atoms with Crippen LogP contribution in [0.2, 0.25) is 0 Å². The molecule has 0 heterocycles. The molecule has 0 unspecified atom stereocenters. The van der Waals surface area contributed by atoms with Crippen molar-refractivity contribution in [1.29, 1.82) is 0 Å². The van der Waals surface area contributed by atoms with Crippen LogP contribution in [-0.2, 0) is 18.3 Å². The lowest BCUT2D eigenvalue weighted by Gasteiger charge is -2.36. The summed E-state index contributed by atoms with van der Waals surface area (Å²) in [5.74, 6) is 0.365. The quantitative estimate of drug-likeness (QED) is 0.150. The highest BCUT2D eigenvalue weighted by molar-refractivity contribution is 5.98. The third-order valence-corrected chi connectivity index (χ3v) is 12.5. The fraction of sp³-hybridized carbons (Fsp3) is 0.143. The zero-order chi connectivity index (χ0) is 38.3. The van der Waals surface area contributed by atoms with Gasteiger partial charge in [0.05, 0.1) is 11.1 Å². The van der Waals surface area contributed by atoms with Gasteiger partial charge in [-0.1, -0.05) is 172 Å². The van der Waals surface area contributed by atoms with Crippen LogP contribution in [0.4, 0.5) is 17.1 Å². The Bertz CT molecular complexity index is 2640. The second-order valence-electron chi connectivity index (χ2n) is 16.1. The van der Waals surface area contributed by atoms with Gasteiger partial charge in [0.1, 0.15) is 0 Å². The molecule has 0 saturated heterocycles. The van der Waals surface area contributed by atoms with Crippen molar-refractivity contribution in [3.63, 3.8) is 0 Å². The standard InChI is InChI=1S/C56H47N/c1-39(2)47-36-33-42-21-15-16-28-48(42)55(47)51-37-50-49-29-17-18-30-52(49)56(43-22-9-4-10-23-43,44-24-11-5-12-25-44)53(50)38-54(51)57(45-26-13-6-14-27-45)46-34-31-41(32-35-46)40-19-7-3-8-20-40/h3-14,17-20,22-27,29-39H,15-16,21,28H2,1-2H3. The van der Waals surface area contributed by atoms with Gasteiger partial charge in [0.15, 0.2) is 0 Å². The van der Waals surface area contributed by atoms with Crippen LogP contribution in [0.3, 0.4) is 0 Å². The topological polar surface area (TPSA) is 3.24 Å². The number of nitrogens with zero attached hydrogens (tertiary/aromatic N) is 1. The van der Waals surface area contributed by atoms with Crippen LogP contribution in [0.15, 0.2) is 194 Å². The van der Waals surface area contributed by atoms with Crippen molar-refractivity contribution in [3.8, 4) is 33.4 Å². The van der Waals surface area contributed by atoms with Gasteiger partial charge in [-0.3, -0.25) is 0 Å². The normalized spacial score (nSPS) is 13.8. The Morgan fingerprint density at radius 3 is 1.68 bits per heavy atom. The minimum atomic E-state index is -0.516. The second-order valence-corrected chi connectivity index (χ2v) is 16.1. The van der Waals surface area contributed by atoms with E-state index in [0.29, 0.717) is 5.92 Å². The lowest BCUT2D eigenvalue weighted by atomic mass is 9.67. The molecule has 57 heavy (non-hydrogen) atoms. The first-order chi connectivity index (χ1) is 28.1. The van der Waals surface area contributed by atoms with E-state index in [0.717, 1.165) is 24.2 Å². The average Bonchev–Trinajstić information content (AvgIpc) is 3.57. The maximum absolute atomic E-state index is 2.58. The van der Waals surface area contributed by atoms with Gasteiger partial charge in [0.25, 0.3) is 0 Å². The van der Waals surface area contributed by atoms with Crippen LogP contribution in [0.25, 0.3) is 33.4 Å². The summed E-state index contributed by atoms with van der Waals surface area (Å²) >= 11 is 0. The molecule has 0 radical (unpaired) electrons. The zero-order valence-electron chi connectivity index (χ0n) is 32.8. The summed E-state index contributed by atoms with van der Waals surface area (Å²) in [6.07, 6.45) is 4.71. The van der Waals surface area contributed by atoms with Crippen molar-refractivity contribution in [1.82, 2.24) is 0 Å². The van der Waals surface area contributed by atoms with Gasteiger partial charge in [0.2, 0.25) is 0 Å². The van der Waals surface area contributed by atoms with Gasteiger partial charge in [-0.05, 0) is 135 Å². The second kappa shape index (κ2) is 14.6. The Morgan fingerprint density at radius 1 is 0.456 bits per heavy atom. The van der Waals surface area contributed by atoms with Gasteiger partial charge in [-0.25, -0.2) is 0 Å². The Morgan fingerprint density at radius 2 is 1.02 bits per heavy atom. The predicted octanol–water partition coefficient (Wildman–Crippen LogP) is 14.9. The molecule has 8 aromatic carbocycles. The van der Waals surface area contributed by atoms with Crippen molar-refractivity contribution >= 4 is 17.1 Å². The molecule has 0 N–H and O–H groups in total. The van der Waals surface area contributed by atoms with Crippen LogP contribution in [-0.4, -0.2) is 0 Å². The minimum Gasteiger partial charge on any atom is -0.310 e. The van der Waals surface area contributed by atoms with Crippen LogP contribution >= 0.6 is 0 Å². The molecule has 2 aliphatic rings. The molecule has 0 saturated carbocycles. The molecule has 0 aliphatic heterocycles. The number of hydrogen-bond acceptors (Lipinski definition) is 1.